The summed E-state index contributed by atoms with van der Waals surface area (Å²) in [6.07, 6.45) is 2.39. The molecule has 0 amide bonds. The molecule has 238 valence electrons. The fourth-order valence-electron chi connectivity index (χ4n) is 5.65. The zero-order chi connectivity index (χ0) is 32.0. The summed E-state index contributed by atoms with van der Waals surface area (Å²) >= 11 is 0. The normalized spacial score (nSPS) is 14.2. The van der Waals surface area contributed by atoms with Crippen molar-refractivity contribution in [3.8, 4) is 28.5 Å². The van der Waals surface area contributed by atoms with E-state index in [9.17, 15) is 9.59 Å². The van der Waals surface area contributed by atoms with Gasteiger partial charge in [-0.3, -0.25) is 4.57 Å². The summed E-state index contributed by atoms with van der Waals surface area (Å²) in [4.78, 5) is 30.2. The second-order valence-electron chi connectivity index (χ2n) is 10.9. The molecule has 0 saturated heterocycles. The van der Waals surface area contributed by atoms with Crippen LogP contribution in [0.2, 0.25) is 0 Å². The van der Waals surface area contributed by atoms with Crippen LogP contribution in [0, 0.1) is 5.82 Å². The van der Waals surface area contributed by atoms with Gasteiger partial charge in [0.25, 0.3) is 6.01 Å². The van der Waals surface area contributed by atoms with Crippen molar-refractivity contribution >= 4 is 23.2 Å². The minimum atomic E-state index is -1.21. The van der Waals surface area contributed by atoms with Gasteiger partial charge in [-0.1, -0.05) is 48.9 Å². The van der Waals surface area contributed by atoms with Gasteiger partial charge in [0.1, 0.15) is 11.9 Å². The number of fused-ring (bicyclic) bond motifs is 1. The van der Waals surface area contributed by atoms with Gasteiger partial charge in [0.05, 0.1) is 29.7 Å². The second-order valence-corrected chi connectivity index (χ2v) is 10.9. The largest absolute Gasteiger partial charge is 0.511 e. The molecule has 0 bridgehead atoms. The molecule has 6 rings (SSSR count). The third-order valence-corrected chi connectivity index (χ3v) is 7.78. The Morgan fingerprint density at radius 2 is 1.83 bits per heavy atom. The van der Waals surface area contributed by atoms with Crippen molar-refractivity contribution in [1.29, 1.82) is 0 Å². The van der Waals surface area contributed by atoms with E-state index in [-0.39, 0.29) is 24.2 Å². The Bertz CT molecular complexity index is 1840. The summed E-state index contributed by atoms with van der Waals surface area (Å²) in [5.41, 5.74) is 3.40. The molecule has 46 heavy (non-hydrogen) atoms. The van der Waals surface area contributed by atoms with Gasteiger partial charge in [-0.05, 0) is 67.1 Å². The Morgan fingerprint density at radius 3 is 2.57 bits per heavy atom. The topological polar surface area (TPSA) is 143 Å². The van der Waals surface area contributed by atoms with E-state index < -0.39 is 24.2 Å². The molecule has 3 aromatic carbocycles. The first kappa shape index (κ1) is 30.7. The zero-order valence-corrected chi connectivity index (χ0v) is 25.4. The van der Waals surface area contributed by atoms with Gasteiger partial charge in [0.2, 0.25) is 12.1 Å². The van der Waals surface area contributed by atoms with Crippen molar-refractivity contribution < 1.29 is 32.9 Å². The number of carbonyl (C=O) groups excluding carboxylic acids is 2. The lowest BCUT2D eigenvalue weighted by Crippen LogP contribution is -2.26. The number of para-hydroxylation sites is 1. The van der Waals surface area contributed by atoms with E-state index in [0.717, 1.165) is 37.7 Å². The van der Waals surface area contributed by atoms with Crippen LogP contribution >= 0.6 is 0 Å². The van der Waals surface area contributed by atoms with E-state index in [1.54, 1.807) is 41.8 Å². The highest BCUT2D eigenvalue weighted by Gasteiger charge is 2.25. The number of hydrogen-bond donors (Lipinski definition) is 1. The number of nitrogens with one attached hydrogen (secondary N) is 1. The van der Waals surface area contributed by atoms with Crippen molar-refractivity contribution in [2.45, 2.75) is 64.9 Å². The first-order chi connectivity index (χ1) is 22.4. The van der Waals surface area contributed by atoms with Crippen molar-refractivity contribution in [1.82, 2.24) is 30.2 Å². The fourth-order valence-corrected chi connectivity index (χ4v) is 5.65. The van der Waals surface area contributed by atoms with Gasteiger partial charge in [0, 0.05) is 18.1 Å². The Labute approximate surface area is 263 Å². The number of hydrogen-bond acceptors (Lipinski definition) is 10. The molecule has 1 N–H and O–H groups in total. The molecule has 2 aromatic heterocycles. The number of carbonyl (C=O) groups is 2. The number of imidazole rings is 1. The van der Waals surface area contributed by atoms with Crippen LogP contribution in [0.3, 0.4) is 0 Å². The molecule has 1 aliphatic rings. The average Bonchev–Trinajstić information content (AvgIpc) is 3.71. The smallest absolute Gasteiger partial charge is 0.465 e. The van der Waals surface area contributed by atoms with Crippen molar-refractivity contribution in [2.24, 2.45) is 0 Å². The van der Waals surface area contributed by atoms with Crippen LogP contribution in [0.4, 0.5) is 9.18 Å². The molecule has 0 aliphatic heterocycles. The summed E-state index contributed by atoms with van der Waals surface area (Å²) in [5, 5.41) is 14.2. The number of aromatic amines is 1. The van der Waals surface area contributed by atoms with Gasteiger partial charge < -0.3 is 18.9 Å². The quantitative estimate of drug-likeness (QED) is 0.135. The van der Waals surface area contributed by atoms with Crippen LogP contribution < -0.4 is 4.74 Å². The van der Waals surface area contributed by atoms with Crippen molar-refractivity contribution in [2.75, 3.05) is 6.61 Å². The molecule has 1 aliphatic carbocycles. The number of ether oxygens (including phenoxy) is 4. The van der Waals surface area contributed by atoms with E-state index in [0.29, 0.717) is 40.2 Å². The molecule has 13 heteroatoms. The molecule has 1 saturated carbocycles. The first-order valence-corrected chi connectivity index (χ1v) is 15.2. The highest BCUT2D eigenvalue weighted by atomic mass is 19.1. The molecule has 1 unspecified atom stereocenters. The van der Waals surface area contributed by atoms with Gasteiger partial charge in [-0.15, -0.1) is 10.2 Å². The van der Waals surface area contributed by atoms with Crippen LogP contribution in [0.1, 0.15) is 61.9 Å². The zero-order valence-electron chi connectivity index (χ0n) is 25.4. The average molecular weight is 629 g/mol. The van der Waals surface area contributed by atoms with Crippen LogP contribution in [0.25, 0.3) is 33.5 Å². The number of rotatable bonds is 10. The van der Waals surface area contributed by atoms with E-state index in [1.807, 2.05) is 24.3 Å². The predicted octanol–water partition coefficient (Wildman–Crippen LogP) is 6.46. The maximum Gasteiger partial charge on any atom is 0.511 e. The standard InChI is InChI=1S/C33H33FN6O6/c1-3-43-32-35-28-15-9-14-26(31(41)44-20(2)45-33(42)46-23-10-5-4-6-11-23)29(28)40(32)19-22-17-16-21(18-27(22)34)24-12-7-8-13-25(24)30-36-38-39-37-30/h7-9,12-18,20,23H,3-6,10-11,19H2,1-2H3,(H,36,37,38,39). The van der Waals surface area contributed by atoms with Crippen molar-refractivity contribution in [3.63, 3.8) is 0 Å². The van der Waals surface area contributed by atoms with Crippen molar-refractivity contribution in [3.05, 3.63) is 77.6 Å². The van der Waals surface area contributed by atoms with Crippen LogP contribution in [0.15, 0.2) is 60.7 Å². The number of aromatic nitrogens is 6. The Kier molecular flexibility index (Phi) is 9.18. The molecule has 12 nitrogen and oxygen atoms in total. The lowest BCUT2D eigenvalue weighted by Gasteiger charge is -2.22. The number of H-pyrrole nitrogens is 1. The highest BCUT2D eigenvalue weighted by molar-refractivity contribution is 6.02. The molecule has 0 radical (unpaired) electrons. The minimum Gasteiger partial charge on any atom is -0.465 e. The minimum absolute atomic E-state index is 0.00843. The second kappa shape index (κ2) is 13.8. The Hall–Kier alpha value is -5.33. The maximum atomic E-state index is 15.8. The Morgan fingerprint density at radius 1 is 1.02 bits per heavy atom. The summed E-state index contributed by atoms with van der Waals surface area (Å²) in [5.74, 6) is -0.823. The summed E-state index contributed by atoms with van der Waals surface area (Å²) in [6.45, 7) is 3.55. The van der Waals surface area contributed by atoms with Gasteiger partial charge in [0.15, 0.2) is 0 Å². The van der Waals surface area contributed by atoms with Gasteiger partial charge >= 0.3 is 12.1 Å². The monoisotopic (exact) mass is 628 g/mol. The van der Waals surface area contributed by atoms with E-state index in [4.69, 9.17) is 18.9 Å². The number of halogens is 1. The fraction of sp³-hybridized carbons (Fsp3) is 0.333. The number of tetrazole rings is 1. The van der Waals surface area contributed by atoms with Crippen LogP contribution in [0.5, 0.6) is 6.01 Å². The summed E-state index contributed by atoms with van der Waals surface area (Å²) in [7, 11) is 0. The third-order valence-electron chi connectivity index (χ3n) is 7.78. The SMILES string of the molecule is CCOc1nc2cccc(C(=O)OC(C)OC(=O)OC3CCCCC3)c2n1Cc1ccc(-c2ccccc2-c2nn[nH]n2)cc1F. The first-order valence-electron chi connectivity index (χ1n) is 15.2. The molecular formula is C33H33FN6O6. The van der Waals surface area contributed by atoms with E-state index in [1.165, 1.54) is 13.0 Å². The predicted molar refractivity (Wildman–Crippen MR) is 164 cm³/mol. The molecule has 1 atom stereocenters. The number of benzene rings is 3. The van der Waals surface area contributed by atoms with Crippen LogP contribution in [-0.4, -0.2) is 61.3 Å². The molecule has 1 fully saturated rings. The third kappa shape index (κ3) is 6.67. The molecular weight excluding hydrogens is 595 g/mol. The lowest BCUT2D eigenvalue weighted by atomic mass is 9.98. The van der Waals surface area contributed by atoms with Crippen LogP contribution in [-0.2, 0) is 20.8 Å². The summed E-state index contributed by atoms with van der Waals surface area (Å²) < 4.78 is 39.2. The number of nitrogens with zero attached hydrogens (tertiary/aromatic N) is 5. The van der Waals surface area contributed by atoms with E-state index >= 15 is 4.39 Å². The number of esters is 1. The maximum absolute atomic E-state index is 15.8. The van der Waals surface area contributed by atoms with Gasteiger partial charge in [-0.2, -0.15) is 10.2 Å². The lowest BCUT2D eigenvalue weighted by molar-refractivity contribution is -0.0914. The highest BCUT2D eigenvalue weighted by Crippen LogP contribution is 2.32. The Balaban J connectivity index is 1.25. The summed E-state index contributed by atoms with van der Waals surface area (Å²) in [6, 6.07) is 17.5. The van der Waals surface area contributed by atoms with Gasteiger partial charge in [-0.25, -0.2) is 14.0 Å². The molecule has 0 spiro atoms. The molecule has 2 heterocycles. The van der Waals surface area contributed by atoms with E-state index in [2.05, 4.69) is 25.6 Å². The molecule has 5 aromatic rings.